The number of piperazine rings is 1. The first kappa shape index (κ1) is 90.7. The maximum Gasteiger partial charge on any atom is 0.311 e. The second-order valence-electron chi connectivity index (χ2n) is 31.1. The van der Waals surface area contributed by atoms with Gasteiger partial charge >= 0.3 is 35.8 Å². The maximum atomic E-state index is 13.4. The van der Waals surface area contributed by atoms with E-state index in [0.717, 1.165) is 204 Å². The minimum Gasteiger partial charge on any atom is -0.465 e. The first-order chi connectivity index (χ1) is 51.7. The monoisotopic (exact) mass is 1480 g/mol. The lowest BCUT2D eigenvalue weighted by Crippen LogP contribution is -2.54. The van der Waals surface area contributed by atoms with Crippen LogP contribution in [0.5, 0.6) is 11.5 Å². The molecule has 2 aromatic carbocycles. The molecule has 3 saturated heterocycles. The fourth-order valence-corrected chi connectivity index (χ4v) is 15.0. The fraction of sp³-hybridized carbons (Fsp3) is 0.773. The summed E-state index contributed by atoms with van der Waals surface area (Å²) in [6.45, 7) is 16.7. The van der Waals surface area contributed by atoms with Crippen molar-refractivity contribution in [3.05, 3.63) is 59.7 Å². The molecule has 18 nitrogen and oxygen atoms in total. The van der Waals surface area contributed by atoms with E-state index in [1.54, 1.807) is 48.5 Å². The Balaban J connectivity index is 0.804. The number of piperidine rings is 2. The molecule has 0 saturated carbocycles. The van der Waals surface area contributed by atoms with Crippen molar-refractivity contribution in [3.63, 3.8) is 0 Å². The number of ether oxygens (including phenoxy) is 6. The second kappa shape index (κ2) is 58.1. The highest BCUT2D eigenvalue weighted by Gasteiger charge is 2.30. The van der Waals surface area contributed by atoms with E-state index in [0.29, 0.717) is 102 Å². The number of unbranched alkanes of at least 4 members (excludes halogenated alkanes) is 26. The van der Waals surface area contributed by atoms with Crippen molar-refractivity contribution in [1.82, 2.24) is 19.6 Å². The van der Waals surface area contributed by atoms with Gasteiger partial charge in [-0.2, -0.15) is 0 Å². The molecule has 0 N–H and O–H groups in total. The van der Waals surface area contributed by atoms with Gasteiger partial charge in [-0.15, -0.1) is 0 Å². The minimum atomic E-state index is -0.292. The molecule has 5 rings (SSSR count). The Morgan fingerprint density at radius 3 is 0.943 bits per heavy atom. The van der Waals surface area contributed by atoms with Crippen molar-refractivity contribution in [3.8, 4) is 11.5 Å². The van der Waals surface area contributed by atoms with Crippen LogP contribution in [0, 0.1) is 23.7 Å². The predicted molar refractivity (Wildman–Crippen MR) is 421 cm³/mol. The van der Waals surface area contributed by atoms with E-state index < -0.39 is 0 Å². The van der Waals surface area contributed by atoms with Gasteiger partial charge in [0.15, 0.2) is 0 Å². The van der Waals surface area contributed by atoms with Gasteiger partial charge in [-0.25, -0.2) is 0 Å². The lowest BCUT2D eigenvalue weighted by molar-refractivity contribution is -0.150. The molecule has 0 atom stereocenters. The number of likely N-dealkylation sites (tertiary alicyclic amines) is 2. The largest absolute Gasteiger partial charge is 0.465 e. The van der Waals surface area contributed by atoms with Gasteiger partial charge < -0.3 is 38.2 Å². The average molecular weight is 1480 g/mol. The number of rotatable bonds is 60. The quantitative estimate of drug-likeness (QED) is 0.0261. The average Bonchev–Trinajstić information content (AvgIpc) is 0.858. The Morgan fingerprint density at radius 1 is 0.330 bits per heavy atom. The normalized spacial score (nSPS) is 14.7. The summed E-state index contributed by atoms with van der Waals surface area (Å²) in [5, 5.41) is 0. The molecule has 0 radical (unpaired) electrons. The molecule has 3 fully saturated rings. The van der Waals surface area contributed by atoms with E-state index in [2.05, 4.69) is 37.5 Å². The van der Waals surface area contributed by atoms with E-state index in [4.69, 9.17) is 28.4 Å². The summed E-state index contributed by atoms with van der Waals surface area (Å²) in [5.74, 6) is 0.905. The molecule has 0 aromatic heterocycles. The zero-order valence-corrected chi connectivity index (χ0v) is 66.9. The number of hydrogen-bond donors (Lipinski definition) is 0. The Labute approximate surface area is 640 Å². The number of nitrogens with zero attached hydrogens (tertiary/aromatic N) is 4. The molecule has 0 bridgehead atoms. The Morgan fingerprint density at radius 2 is 0.623 bits per heavy atom. The summed E-state index contributed by atoms with van der Waals surface area (Å²) in [6.07, 6.45) is 45.5. The number of carbonyl (C=O) groups excluding carboxylic acids is 8. The van der Waals surface area contributed by atoms with E-state index in [9.17, 15) is 38.4 Å². The summed E-state index contributed by atoms with van der Waals surface area (Å²) in [4.78, 5) is 112. The summed E-state index contributed by atoms with van der Waals surface area (Å²) in [5.41, 5.74) is 1.58. The second-order valence-corrected chi connectivity index (χ2v) is 31.1. The zero-order chi connectivity index (χ0) is 75.9. The van der Waals surface area contributed by atoms with Crippen molar-refractivity contribution < 1.29 is 66.8 Å². The van der Waals surface area contributed by atoms with E-state index >= 15 is 0 Å². The highest BCUT2D eigenvalue weighted by molar-refractivity contribution is 5.81. The van der Waals surface area contributed by atoms with Gasteiger partial charge in [-0.3, -0.25) is 48.2 Å². The van der Waals surface area contributed by atoms with Gasteiger partial charge in [0.25, 0.3) is 0 Å². The van der Waals surface area contributed by atoms with Crippen LogP contribution in [0.4, 0.5) is 0 Å². The van der Waals surface area contributed by atoms with Crippen LogP contribution in [-0.2, 0) is 70.1 Å². The topological polar surface area (TPSA) is 205 Å². The molecular weight excluding hydrogens is 1340 g/mol. The molecule has 3 aliphatic rings. The number of hydrogen-bond acceptors (Lipinski definition) is 16. The molecule has 3 heterocycles. The van der Waals surface area contributed by atoms with Crippen molar-refractivity contribution in [2.24, 2.45) is 23.7 Å². The van der Waals surface area contributed by atoms with Crippen LogP contribution in [0.25, 0.3) is 0 Å². The van der Waals surface area contributed by atoms with E-state index in [1.165, 1.54) is 103 Å². The van der Waals surface area contributed by atoms with Crippen LogP contribution in [0.3, 0.4) is 0 Å². The molecule has 2 aromatic rings. The lowest BCUT2D eigenvalue weighted by Gasteiger charge is -2.38. The van der Waals surface area contributed by atoms with Gasteiger partial charge in [0.05, 0.1) is 64.2 Å². The van der Waals surface area contributed by atoms with Crippen molar-refractivity contribution in [2.75, 3.05) is 91.9 Å². The standard InChI is InChI=1S/C88H144N4O14/c1-5-9-13-21-29-37-77(38-30-22-14-10-6-2)87(99)103-65-35-27-19-17-25-33-41-83(95)105-79-47-43-75(44-48-79)69-85(97)101-67-55-73-51-57-89(58-52-73)71-81(93)91-61-63-92(64-62-91)82(94)72-90-59-53-74(54-60-90)56-68-102-86(98)70-76-45-49-80(50-46-76)106-84(96)42-34-26-18-20-28-36-66-104-88(100)78(39-31-23-15-11-7-3)40-32-24-16-12-8-4/h43-50,73-74,77-78H,5-42,51-72H2,1-4H3. The van der Waals surface area contributed by atoms with Crippen molar-refractivity contribution in [1.29, 1.82) is 0 Å². The van der Waals surface area contributed by atoms with E-state index in [1.807, 2.05) is 9.80 Å². The zero-order valence-electron chi connectivity index (χ0n) is 66.9. The van der Waals surface area contributed by atoms with Crippen molar-refractivity contribution in [2.45, 2.75) is 323 Å². The van der Waals surface area contributed by atoms with Crippen LogP contribution < -0.4 is 9.47 Å². The number of amides is 2. The van der Waals surface area contributed by atoms with Crippen LogP contribution in [0.15, 0.2) is 48.5 Å². The summed E-state index contributed by atoms with van der Waals surface area (Å²) >= 11 is 0. The third-order valence-electron chi connectivity index (χ3n) is 22.0. The minimum absolute atomic E-state index is 0.000261. The molecule has 106 heavy (non-hydrogen) atoms. The van der Waals surface area contributed by atoms with Gasteiger partial charge in [0.2, 0.25) is 11.8 Å². The molecule has 2 amide bonds. The maximum absolute atomic E-state index is 13.4. The first-order valence-electron chi connectivity index (χ1n) is 43.0. The highest BCUT2D eigenvalue weighted by atomic mass is 16.6. The number of carbonyl (C=O) groups is 8. The summed E-state index contributed by atoms with van der Waals surface area (Å²) in [7, 11) is 0. The third-order valence-corrected chi connectivity index (χ3v) is 22.0. The number of benzene rings is 2. The highest BCUT2D eigenvalue weighted by Crippen LogP contribution is 2.27. The molecule has 18 heteroatoms. The Hall–Kier alpha value is -5.88. The molecule has 600 valence electrons. The first-order valence-corrected chi connectivity index (χ1v) is 43.0. The van der Waals surface area contributed by atoms with Gasteiger partial charge in [-0.05, 0) is 163 Å². The smallest absolute Gasteiger partial charge is 0.311 e. The third kappa shape index (κ3) is 42.2. The van der Waals surface area contributed by atoms with E-state index in [-0.39, 0.29) is 72.3 Å². The molecule has 0 unspecified atom stereocenters. The Kier molecular flexibility index (Phi) is 49.8. The SMILES string of the molecule is CCCCCCCC(CCCCCCC)C(=O)OCCCCCCCCC(=O)Oc1ccc(CC(=O)OCCC2CCN(CC(=O)N3CCN(C(=O)CN4CCC(CCOC(=O)Cc5ccc(OC(=O)CCCCCCCCOC(=O)C(CCCCCCC)CCCCCCC)cc5)CC4)CC3)CC2)cc1. The van der Waals surface area contributed by atoms with Crippen LogP contribution in [0.2, 0.25) is 0 Å². The van der Waals surface area contributed by atoms with Crippen LogP contribution in [0.1, 0.15) is 321 Å². The summed E-state index contributed by atoms with van der Waals surface area (Å²) < 4.78 is 33.9. The molecule has 0 spiro atoms. The van der Waals surface area contributed by atoms with Gasteiger partial charge in [0.1, 0.15) is 11.5 Å². The summed E-state index contributed by atoms with van der Waals surface area (Å²) in [6, 6.07) is 14.1. The molecule has 0 aliphatic carbocycles. The Bertz CT molecular complexity index is 2480. The van der Waals surface area contributed by atoms with Gasteiger partial charge in [-0.1, -0.05) is 232 Å². The molecule has 3 aliphatic heterocycles. The number of esters is 6. The lowest BCUT2D eigenvalue weighted by atomic mass is 9.94. The predicted octanol–water partition coefficient (Wildman–Crippen LogP) is 18.5. The van der Waals surface area contributed by atoms with Gasteiger partial charge in [0, 0.05) is 39.0 Å². The van der Waals surface area contributed by atoms with Crippen LogP contribution in [-0.4, -0.2) is 159 Å². The molecular formula is C88H144N4O14. The fourth-order valence-electron chi connectivity index (χ4n) is 15.0. The van der Waals surface area contributed by atoms with Crippen molar-refractivity contribution >= 4 is 47.6 Å². The van der Waals surface area contributed by atoms with Crippen LogP contribution >= 0.6 is 0 Å².